The standard InChI is InChI=1S/C21H31N3O4/c1-27-16-10-11-19(28-2)17(13-16)18-9-6-12-24(18)14-20(25)23-21(26)22-15-7-4-3-5-8-15/h10-11,13,15,18H,3-9,12,14H2,1-2H3,(H2,22,23,25,26)/t18-/m1/s1. The molecular formula is C21H31N3O4. The van der Waals surface area contributed by atoms with Crippen LogP contribution in [-0.4, -0.2) is 50.2 Å². The van der Waals surface area contributed by atoms with Crippen molar-refractivity contribution < 1.29 is 19.1 Å². The summed E-state index contributed by atoms with van der Waals surface area (Å²) in [5, 5.41) is 5.42. The van der Waals surface area contributed by atoms with Gasteiger partial charge in [-0.05, 0) is 50.4 Å². The van der Waals surface area contributed by atoms with E-state index in [1.165, 1.54) is 6.42 Å². The second-order valence-electron chi connectivity index (χ2n) is 7.59. The first-order chi connectivity index (χ1) is 13.6. The number of carbonyl (C=O) groups excluding carboxylic acids is 2. The first-order valence-electron chi connectivity index (χ1n) is 10.2. The fourth-order valence-electron chi connectivity index (χ4n) is 4.29. The minimum Gasteiger partial charge on any atom is -0.497 e. The number of nitrogens with one attached hydrogen (secondary N) is 2. The summed E-state index contributed by atoms with van der Waals surface area (Å²) >= 11 is 0. The molecule has 7 nitrogen and oxygen atoms in total. The van der Waals surface area contributed by atoms with E-state index in [2.05, 4.69) is 15.5 Å². The molecule has 0 spiro atoms. The number of rotatable bonds is 6. The fourth-order valence-corrected chi connectivity index (χ4v) is 4.29. The van der Waals surface area contributed by atoms with E-state index in [1.807, 2.05) is 18.2 Å². The van der Waals surface area contributed by atoms with Crippen molar-refractivity contribution in [2.75, 3.05) is 27.3 Å². The summed E-state index contributed by atoms with van der Waals surface area (Å²) in [7, 11) is 3.28. The van der Waals surface area contributed by atoms with E-state index in [-0.39, 0.29) is 30.6 Å². The van der Waals surface area contributed by atoms with Crippen molar-refractivity contribution in [1.29, 1.82) is 0 Å². The second-order valence-corrected chi connectivity index (χ2v) is 7.59. The molecule has 1 aromatic carbocycles. The van der Waals surface area contributed by atoms with Gasteiger partial charge in [0.2, 0.25) is 5.91 Å². The average molecular weight is 389 g/mol. The highest BCUT2D eigenvalue weighted by molar-refractivity contribution is 5.95. The van der Waals surface area contributed by atoms with Gasteiger partial charge in [-0.3, -0.25) is 15.0 Å². The molecule has 1 atom stereocenters. The molecule has 0 radical (unpaired) electrons. The van der Waals surface area contributed by atoms with Crippen LogP contribution in [0.25, 0.3) is 0 Å². The number of hydrogen-bond donors (Lipinski definition) is 2. The molecular weight excluding hydrogens is 358 g/mol. The molecule has 3 amide bonds. The maximum atomic E-state index is 12.4. The van der Waals surface area contributed by atoms with E-state index in [9.17, 15) is 9.59 Å². The van der Waals surface area contributed by atoms with Crippen molar-refractivity contribution in [1.82, 2.24) is 15.5 Å². The first kappa shape index (κ1) is 20.5. The van der Waals surface area contributed by atoms with E-state index in [1.54, 1.807) is 14.2 Å². The number of urea groups is 1. The van der Waals surface area contributed by atoms with E-state index >= 15 is 0 Å². The van der Waals surface area contributed by atoms with Gasteiger partial charge in [-0.25, -0.2) is 4.79 Å². The van der Waals surface area contributed by atoms with Gasteiger partial charge in [0.25, 0.3) is 0 Å². The lowest BCUT2D eigenvalue weighted by Gasteiger charge is -2.26. The van der Waals surface area contributed by atoms with E-state index in [4.69, 9.17) is 9.47 Å². The number of amides is 3. The third-order valence-electron chi connectivity index (χ3n) is 5.70. The van der Waals surface area contributed by atoms with Crippen LogP contribution in [0.5, 0.6) is 11.5 Å². The summed E-state index contributed by atoms with van der Waals surface area (Å²) < 4.78 is 10.9. The summed E-state index contributed by atoms with van der Waals surface area (Å²) in [6, 6.07) is 5.59. The Morgan fingerprint density at radius 1 is 1.07 bits per heavy atom. The van der Waals surface area contributed by atoms with Crippen molar-refractivity contribution in [2.24, 2.45) is 0 Å². The van der Waals surface area contributed by atoms with Crippen LogP contribution in [0.1, 0.15) is 56.6 Å². The Bertz CT molecular complexity index is 688. The van der Waals surface area contributed by atoms with Crippen LogP contribution in [0.15, 0.2) is 18.2 Å². The van der Waals surface area contributed by atoms with Gasteiger partial charge in [0, 0.05) is 17.6 Å². The van der Waals surface area contributed by atoms with Crippen LogP contribution < -0.4 is 20.1 Å². The highest BCUT2D eigenvalue weighted by atomic mass is 16.5. The minimum atomic E-state index is -0.383. The number of methoxy groups -OCH3 is 2. The highest BCUT2D eigenvalue weighted by Gasteiger charge is 2.30. The van der Waals surface area contributed by atoms with Gasteiger partial charge in [0.15, 0.2) is 0 Å². The van der Waals surface area contributed by atoms with Crippen LogP contribution in [0, 0.1) is 0 Å². The molecule has 0 unspecified atom stereocenters. The third-order valence-corrected chi connectivity index (χ3v) is 5.70. The van der Waals surface area contributed by atoms with E-state index in [0.29, 0.717) is 0 Å². The molecule has 1 saturated carbocycles. The minimum absolute atomic E-state index is 0.0669. The second kappa shape index (κ2) is 9.78. The molecule has 2 N–H and O–H groups in total. The summed E-state index contributed by atoms with van der Waals surface area (Å²) in [4.78, 5) is 26.7. The lowest BCUT2D eigenvalue weighted by atomic mass is 9.96. The molecule has 154 valence electrons. The first-order valence-corrected chi connectivity index (χ1v) is 10.2. The largest absolute Gasteiger partial charge is 0.497 e. The molecule has 0 aromatic heterocycles. The molecule has 2 aliphatic rings. The zero-order valence-electron chi connectivity index (χ0n) is 16.8. The Morgan fingerprint density at radius 2 is 1.86 bits per heavy atom. The molecule has 0 bridgehead atoms. The monoisotopic (exact) mass is 389 g/mol. The van der Waals surface area contributed by atoms with E-state index < -0.39 is 0 Å². The number of benzene rings is 1. The average Bonchev–Trinajstić information content (AvgIpc) is 3.15. The van der Waals surface area contributed by atoms with Crippen molar-refractivity contribution in [3.63, 3.8) is 0 Å². The number of hydrogen-bond acceptors (Lipinski definition) is 5. The highest BCUT2D eigenvalue weighted by Crippen LogP contribution is 2.38. The number of imide groups is 1. The van der Waals surface area contributed by atoms with Gasteiger partial charge in [0.05, 0.1) is 20.8 Å². The molecule has 1 aliphatic heterocycles. The van der Waals surface area contributed by atoms with Gasteiger partial charge in [-0.1, -0.05) is 19.3 Å². The van der Waals surface area contributed by atoms with Crippen LogP contribution in [0.4, 0.5) is 4.79 Å². The molecule has 2 fully saturated rings. The van der Waals surface area contributed by atoms with Gasteiger partial charge in [-0.15, -0.1) is 0 Å². The molecule has 1 heterocycles. The summed E-state index contributed by atoms with van der Waals surface area (Å²) in [6.45, 7) is 0.992. The zero-order chi connectivity index (χ0) is 19.9. The summed E-state index contributed by atoms with van der Waals surface area (Å²) in [5.41, 5.74) is 1.01. The van der Waals surface area contributed by atoms with Crippen molar-refractivity contribution in [3.8, 4) is 11.5 Å². The number of ether oxygens (including phenoxy) is 2. The van der Waals surface area contributed by atoms with Gasteiger partial charge in [-0.2, -0.15) is 0 Å². The van der Waals surface area contributed by atoms with Crippen LogP contribution in [0.3, 0.4) is 0 Å². The Balaban J connectivity index is 1.58. The Kier molecular flexibility index (Phi) is 7.14. The Hall–Kier alpha value is -2.28. The van der Waals surface area contributed by atoms with Crippen molar-refractivity contribution in [2.45, 2.75) is 57.0 Å². The number of nitrogens with zero attached hydrogens (tertiary/aromatic N) is 1. The molecule has 1 saturated heterocycles. The maximum Gasteiger partial charge on any atom is 0.321 e. The van der Waals surface area contributed by atoms with Crippen molar-refractivity contribution >= 4 is 11.9 Å². The lowest BCUT2D eigenvalue weighted by molar-refractivity contribution is -0.121. The SMILES string of the molecule is COc1ccc(OC)c([C@H]2CCCN2CC(=O)NC(=O)NC2CCCCC2)c1. The molecule has 1 aromatic rings. The molecule has 7 heteroatoms. The molecule has 3 rings (SSSR count). The quantitative estimate of drug-likeness (QED) is 0.782. The number of carbonyl (C=O) groups is 2. The normalized spacial score (nSPS) is 20.6. The van der Waals surface area contributed by atoms with Gasteiger partial charge < -0.3 is 14.8 Å². The fraction of sp³-hybridized carbons (Fsp3) is 0.619. The van der Waals surface area contributed by atoms with Gasteiger partial charge in [0.1, 0.15) is 11.5 Å². The summed E-state index contributed by atoms with van der Waals surface area (Å²) in [6.07, 6.45) is 7.41. The third kappa shape index (κ3) is 5.16. The van der Waals surface area contributed by atoms with Crippen molar-refractivity contribution in [3.05, 3.63) is 23.8 Å². The smallest absolute Gasteiger partial charge is 0.321 e. The predicted molar refractivity (Wildman–Crippen MR) is 107 cm³/mol. The molecule has 1 aliphatic carbocycles. The molecule has 28 heavy (non-hydrogen) atoms. The van der Waals surface area contributed by atoms with Crippen LogP contribution in [0.2, 0.25) is 0 Å². The Morgan fingerprint density at radius 3 is 2.57 bits per heavy atom. The predicted octanol–water partition coefficient (Wildman–Crippen LogP) is 3.00. The lowest BCUT2D eigenvalue weighted by Crippen LogP contribution is -2.48. The van der Waals surface area contributed by atoms with Crippen LogP contribution in [-0.2, 0) is 4.79 Å². The summed E-state index contributed by atoms with van der Waals surface area (Å²) in [5.74, 6) is 1.27. The van der Waals surface area contributed by atoms with E-state index in [0.717, 1.165) is 62.1 Å². The van der Waals surface area contributed by atoms with Crippen LogP contribution >= 0.6 is 0 Å². The topological polar surface area (TPSA) is 79.9 Å². The zero-order valence-corrected chi connectivity index (χ0v) is 16.8. The Labute approximate surface area is 166 Å². The van der Waals surface area contributed by atoms with Gasteiger partial charge >= 0.3 is 6.03 Å². The number of likely N-dealkylation sites (tertiary alicyclic amines) is 1. The maximum absolute atomic E-state index is 12.4.